The summed E-state index contributed by atoms with van der Waals surface area (Å²) in [5.41, 5.74) is 1.46. The third-order valence-corrected chi connectivity index (χ3v) is 4.69. The van der Waals surface area contributed by atoms with E-state index in [0.717, 1.165) is 12.5 Å². The number of nitrogens with zero attached hydrogens (tertiary/aromatic N) is 1. The Morgan fingerprint density at radius 3 is 2.55 bits per heavy atom. The third-order valence-electron chi connectivity index (χ3n) is 4.69. The van der Waals surface area contributed by atoms with Crippen LogP contribution in [0.15, 0.2) is 30.3 Å². The fourth-order valence-electron chi connectivity index (χ4n) is 3.22. The van der Waals surface area contributed by atoms with Gasteiger partial charge in [-0.1, -0.05) is 57.0 Å². The van der Waals surface area contributed by atoms with Gasteiger partial charge in [0.15, 0.2) is 0 Å². The van der Waals surface area contributed by atoms with E-state index in [2.05, 4.69) is 61.3 Å². The molecule has 1 aliphatic rings. The first kappa shape index (κ1) is 15.5. The Hall–Kier alpha value is -0.860. The lowest BCUT2D eigenvalue weighted by molar-refractivity contribution is 0.111. The number of hydrogen-bond acceptors (Lipinski definition) is 2. The predicted molar refractivity (Wildman–Crippen MR) is 87.0 cm³/mol. The van der Waals surface area contributed by atoms with Crippen molar-refractivity contribution in [3.8, 4) is 0 Å². The molecule has 0 saturated carbocycles. The van der Waals surface area contributed by atoms with E-state index in [0.29, 0.717) is 12.1 Å². The summed E-state index contributed by atoms with van der Waals surface area (Å²) in [6.07, 6.45) is 3.76. The zero-order valence-electron chi connectivity index (χ0n) is 13.3. The second-order valence-electron chi connectivity index (χ2n) is 6.29. The minimum Gasteiger partial charge on any atom is -0.311 e. The molecule has 1 aromatic rings. The maximum absolute atomic E-state index is 3.65. The van der Waals surface area contributed by atoms with Crippen molar-refractivity contribution in [1.29, 1.82) is 0 Å². The van der Waals surface area contributed by atoms with E-state index in [1.54, 1.807) is 0 Å². The molecule has 2 rings (SSSR count). The molecule has 20 heavy (non-hydrogen) atoms. The normalized spacial score (nSPS) is 24.2. The van der Waals surface area contributed by atoms with E-state index in [1.807, 2.05) is 0 Å². The summed E-state index contributed by atoms with van der Waals surface area (Å²) in [5.74, 6) is 0.846. The largest absolute Gasteiger partial charge is 0.311 e. The lowest BCUT2D eigenvalue weighted by atomic mass is 9.97. The summed E-state index contributed by atoms with van der Waals surface area (Å²) in [7, 11) is 0. The van der Waals surface area contributed by atoms with Crippen LogP contribution in [0.25, 0.3) is 0 Å². The summed E-state index contributed by atoms with van der Waals surface area (Å²) >= 11 is 0. The first-order valence-corrected chi connectivity index (χ1v) is 8.24. The molecule has 1 fully saturated rings. The molecule has 0 spiro atoms. The molecule has 1 aromatic carbocycles. The quantitative estimate of drug-likeness (QED) is 0.856. The fraction of sp³-hybridized carbons (Fsp3) is 0.667. The van der Waals surface area contributed by atoms with Crippen LogP contribution in [0.5, 0.6) is 0 Å². The summed E-state index contributed by atoms with van der Waals surface area (Å²) in [4.78, 5) is 2.73. The molecule has 1 heterocycles. The Kier molecular flexibility index (Phi) is 6.06. The number of nitrogens with one attached hydrogen (secondary N) is 1. The molecule has 2 nitrogen and oxygen atoms in total. The smallest absolute Gasteiger partial charge is 0.0261 e. The highest BCUT2D eigenvalue weighted by Crippen LogP contribution is 2.18. The van der Waals surface area contributed by atoms with Crippen molar-refractivity contribution >= 4 is 0 Å². The van der Waals surface area contributed by atoms with Crippen LogP contribution in [0.4, 0.5) is 0 Å². The average molecular weight is 274 g/mol. The molecule has 2 atom stereocenters. The summed E-state index contributed by atoms with van der Waals surface area (Å²) in [5, 5.41) is 3.65. The highest BCUT2D eigenvalue weighted by Gasteiger charge is 2.27. The molecule has 0 aliphatic carbocycles. The van der Waals surface area contributed by atoms with Gasteiger partial charge >= 0.3 is 0 Å². The molecule has 112 valence electrons. The zero-order valence-corrected chi connectivity index (χ0v) is 13.3. The Morgan fingerprint density at radius 1 is 1.20 bits per heavy atom. The molecule has 1 saturated heterocycles. The van der Waals surface area contributed by atoms with Crippen LogP contribution in [-0.4, -0.2) is 36.6 Å². The van der Waals surface area contributed by atoms with E-state index < -0.39 is 0 Å². The van der Waals surface area contributed by atoms with Crippen molar-refractivity contribution in [2.24, 2.45) is 5.92 Å². The van der Waals surface area contributed by atoms with Gasteiger partial charge in [-0.15, -0.1) is 0 Å². The maximum atomic E-state index is 3.65. The van der Waals surface area contributed by atoms with Crippen molar-refractivity contribution in [1.82, 2.24) is 10.2 Å². The molecule has 0 amide bonds. The maximum Gasteiger partial charge on any atom is 0.0261 e. The van der Waals surface area contributed by atoms with Gasteiger partial charge in [0, 0.05) is 31.7 Å². The standard InChI is InChI=1S/C18H30N2/c1-4-16(5-2)14-20-13-15(3)19-12-18(20)11-17-9-7-6-8-10-17/h6-10,15-16,18-19H,4-5,11-14H2,1-3H3. The second kappa shape index (κ2) is 7.80. The van der Waals surface area contributed by atoms with E-state index in [9.17, 15) is 0 Å². The van der Waals surface area contributed by atoms with Crippen LogP contribution in [0.3, 0.4) is 0 Å². The third kappa shape index (κ3) is 4.32. The monoisotopic (exact) mass is 274 g/mol. The molecular formula is C18H30N2. The lowest BCUT2D eigenvalue weighted by Crippen LogP contribution is -2.57. The van der Waals surface area contributed by atoms with Gasteiger partial charge in [-0.2, -0.15) is 0 Å². The van der Waals surface area contributed by atoms with Gasteiger partial charge in [-0.05, 0) is 24.8 Å². The average Bonchev–Trinajstić information content (AvgIpc) is 2.48. The first-order chi connectivity index (χ1) is 9.72. The number of hydrogen-bond donors (Lipinski definition) is 1. The Balaban J connectivity index is 2.00. The predicted octanol–water partition coefficient (Wildman–Crippen LogP) is 3.33. The molecule has 0 bridgehead atoms. The second-order valence-corrected chi connectivity index (χ2v) is 6.29. The first-order valence-electron chi connectivity index (χ1n) is 8.24. The van der Waals surface area contributed by atoms with Gasteiger partial charge in [0.25, 0.3) is 0 Å². The topological polar surface area (TPSA) is 15.3 Å². The van der Waals surface area contributed by atoms with E-state index in [-0.39, 0.29) is 0 Å². The van der Waals surface area contributed by atoms with Crippen LogP contribution in [0.1, 0.15) is 39.2 Å². The van der Waals surface area contributed by atoms with Gasteiger partial charge in [0.05, 0.1) is 0 Å². The molecule has 1 N–H and O–H groups in total. The summed E-state index contributed by atoms with van der Waals surface area (Å²) in [6.45, 7) is 10.5. The minimum atomic E-state index is 0.622. The summed E-state index contributed by atoms with van der Waals surface area (Å²) in [6, 6.07) is 12.2. The van der Waals surface area contributed by atoms with Gasteiger partial charge in [-0.25, -0.2) is 0 Å². The summed E-state index contributed by atoms with van der Waals surface area (Å²) < 4.78 is 0. The van der Waals surface area contributed by atoms with E-state index in [1.165, 1.54) is 37.9 Å². The van der Waals surface area contributed by atoms with Crippen LogP contribution in [0.2, 0.25) is 0 Å². The van der Waals surface area contributed by atoms with Crippen molar-refractivity contribution in [3.05, 3.63) is 35.9 Å². The van der Waals surface area contributed by atoms with Crippen molar-refractivity contribution < 1.29 is 0 Å². The lowest BCUT2D eigenvalue weighted by Gasteiger charge is -2.41. The SMILES string of the molecule is CCC(CC)CN1CC(C)NCC1Cc1ccccc1. The molecule has 2 heteroatoms. The fourth-order valence-corrected chi connectivity index (χ4v) is 3.22. The van der Waals surface area contributed by atoms with Gasteiger partial charge < -0.3 is 5.32 Å². The van der Waals surface area contributed by atoms with Crippen molar-refractivity contribution in [2.75, 3.05) is 19.6 Å². The van der Waals surface area contributed by atoms with Gasteiger partial charge in [-0.3, -0.25) is 4.90 Å². The molecule has 0 aromatic heterocycles. The number of rotatable bonds is 6. The highest BCUT2D eigenvalue weighted by molar-refractivity contribution is 5.16. The molecule has 1 aliphatic heterocycles. The Bertz CT molecular complexity index is 372. The molecule has 0 radical (unpaired) electrons. The minimum absolute atomic E-state index is 0.622. The Morgan fingerprint density at radius 2 is 1.90 bits per heavy atom. The van der Waals surface area contributed by atoms with Gasteiger partial charge in [0.1, 0.15) is 0 Å². The highest BCUT2D eigenvalue weighted by atomic mass is 15.2. The van der Waals surface area contributed by atoms with Gasteiger partial charge in [0.2, 0.25) is 0 Å². The zero-order chi connectivity index (χ0) is 14.4. The van der Waals surface area contributed by atoms with Crippen LogP contribution < -0.4 is 5.32 Å². The number of piperazine rings is 1. The van der Waals surface area contributed by atoms with E-state index >= 15 is 0 Å². The van der Waals surface area contributed by atoms with Crippen molar-refractivity contribution in [2.45, 2.75) is 52.1 Å². The Labute approximate surface area is 124 Å². The van der Waals surface area contributed by atoms with Crippen LogP contribution in [0, 0.1) is 5.92 Å². The molecule has 2 unspecified atom stereocenters. The molecular weight excluding hydrogens is 244 g/mol. The van der Waals surface area contributed by atoms with Crippen LogP contribution >= 0.6 is 0 Å². The number of benzene rings is 1. The van der Waals surface area contributed by atoms with Crippen LogP contribution in [-0.2, 0) is 6.42 Å². The van der Waals surface area contributed by atoms with E-state index in [4.69, 9.17) is 0 Å². The van der Waals surface area contributed by atoms with Crippen molar-refractivity contribution in [3.63, 3.8) is 0 Å².